The summed E-state index contributed by atoms with van der Waals surface area (Å²) >= 11 is 0. The van der Waals surface area contributed by atoms with E-state index in [1.165, 1.54) is 11.0 Å². The summed E-state index contributed by atoms with van der Waals surface area (Å²) in [5, 5.41) is 0. The van der Waals surface area contributed by atoms with Gasteiger partial charge in [-0.3, -0.25) is 4.90 Å². The molecule has 11 heteroatoms. The third-order valence-electron chi connectivity index (χ3n) is 7.25. The number of anilines is 1. The molecule has 190 valence electrons. The number of carbonyl (C=O) groups is 1. The second kappa shape index (κ2) is 9.13. The number of carbonyl (C=O) groups excluding carboxylic acids is 1. The van der Waals surface area contributed by atoms with E-state index in [1.54, 1.807) is 6.07 Å². The molecule has 1 atom stereocenters. The molecule has 3 fully saturated rings. The van der Waals surface area contributed by atoms with Crippen LogP contribution in [0, 0.1) is 5.41 Å². The summed E-state index contributed by atoms with van der Waals surface area (Å²) in [5.41, 5.74) is 0.128. The van der Waals surface area contributed by atoms with Crippen molar-refractivity contribution in [2.45, 2.75) is 57.6 Å². The Bertz CT molecular complexity index is 882. The molecule has 5 nitrogen and oxygen atoms in total. The maximum absolute atomic E-state index is 13.8. The van der Waals surface area contributed by atoms with Crippen molar-refractivity contribution >= 4 is 11.8 Å². The van der Waals surface area contributed by atoms with Crippen LogP contribution in [0.15, 0.2) is 18.2 Å². The molecule has 34 heavy (non-hydrogen) atoms. The Hall–Kier alpha value is -2.17. The van der Waals surface area contributed by atoms with Gasteiger partial charge in [-0.2, -0.15) is 26.3 Å². The Balaban J connectivity index is 1.37. The third-order valence-corrected chi connectivity index (χ3v) is 7.25. The smallest absolute Gasteiger partial charge is 0.425 e. The molecule has 3 saturated heterocycles. The zero-order chi connectivity index (χ0) is 24.7. The average molecular weight is 493 g/mol. The first-order valence-electron chi connectivity index (χ1n) is 11.6. The second-order valence-corrected chi connectivity index (χ2v) is 9.69. The van der Waals surface area contributed by atoms with Crippen molar-refractivity contribution in [1.82, 2.24) is 9.80 Å². The van der Waals surface area contributed by atoms with E-state index in [1.807, 2.05) is 9.80 Å². The lowest BCUT2D eigenvalue weighted by molar-refractivity contribution is -0.202. The minimum Gasteiger partial charge on any atom is -0.437 e. The summed E-state index contributed by atoms with van der Waals surface area (Å²) in [6, 6.07) is 4.36. The standard InChI is InChI=1S/C23H29F6N3O2/c1-16(22(24,25)26)34-20(33)32-14-21(15-32)7-11-30(12-8-21)13-17-18(23(27,28)29)5-4-6-19(17)31-9-2-3-10-31/h4-6,16H,2-3,7-15H2,1H3. The van der Waals surface area contributed by atoms with Gasteiger partial charge in [-0.1, -0.05) is 6.07 Å². The molecule has 3 heterocycles. The Kier molecular flexibility index (Phi) is 6.69. The van der Waals surface area contributed by atoms with Crippen molar-refractivity contribution in [2.75, 3.05) is 44.2 Å². The molecule has 0 saturated carbocycles. The maximum atomic E-state index is 13.8. The summed E-state index contributed by atoms with van der Waals surface area (Å²) in [4.78, 5) is 17.3. The molecule has 1 unspecified atom stereocenters. The fraction of sp³-hybridized carbons (Fsp3) is 0.696. The molecule has 1 amide bonds. The first-order valence-corrected chi connectivity index (χ1v) is 11.6. The van der Waals surface area contributed by atoms with Gasteiger partial charge in [0.15, 0.2) is 6.10 Å². The van der Waals surface area contributed by atoms with E-state index in [0.717, 1.165) is 38.9 Å². The Labute approximate surface area is 194 Å². The van der Waals surface area contributed by atoms with Gasteiger partial charge in [0.2, 0.25) is 0 Å². The highest BCUT2D eigenvalue weighted by molar-refractivity contribution is 5.69. The van der Waals surface area contributed by atoms with Gasteiger partial charge in [0.1, 0.15) is 0 Å². The van der Waals surface area contributed by atoms with Crippen LogP contribution >= 0.6 is 0 Å². The van der Waals surface area contributed by atoms with Crippen LogP contribution in [0.4, 0.5) is 36.8 Å². The number of amides is 1. The zero-order valence-corrected chi connectivity index (χ0v) is 19.0. The number of rotatable bonds is 4. The first-order chi connectivity index (χ1) is 15.9. The number of nitrogens with zero attached hydrogens (tertiary/aromatic N) is 3. The van der Waals surface area contributed by atoms with Crippen molar-refractivity contribution in [1.29, 1.82) is 0 Å². The van der Waals surface area contributed by atoms with Crippen LogP contribution in [0.25, 0.3) is 0 Å². The molecule has 0 N–H and O–H groups in total. The largest absolute Gasteiger partial charge is 0.437 e. The van der Waals surface area contributed by atoms with Crippen LogP contribution in [0.1, 0.15) is 43.7 Å². The Morgan fingerprint density at radius 1 is 1.03 bits per heavy atom. The number of hydrogen-bond donors (Lipinski definition) is 0. The van der Waals surface area contributed by atoms with Gasteiger partial charge in [-0.15, -0.1) is 0 Å². The topological polar surface area (TPSA) is 36.0 Å². The highest BCUT2D eigenvalue weighted by Crippen LogP contribution is 2.43. The van der Waals surface area contributed by atoms with Crippen LogP contribution in [0.2, 0.25) is 0 Å². The molecular formula is C23H29F6N3O2. The van der Waals surface area contributed by atoms with Gasteiger partial charge in [-0.25, -0.2) is 4.79 Å². The average Bonchev–Trinajstić information content (AvgIpc) is 3.26. The molecule has 0 aliphatic carbocycles. The van der Waals surface area contributed by atoms with E-state index in [4.69, 9.17) is 0 Å². The predicted octanol–water partition coefficient (Wildman–Crippen LogP) is 5.29. The van der Waals surface area contributed by atoms with Gasteiger partial charge in [0, 0.05) is 49.4 Å². The van der Waals surface area contributed by atoms with Gasteiger partial charge >= 0.3 is 18.4 Å². The monoisotopic (exact) mass is 493 g/mol. The molecule has 0 bridgehead atoms. The number of benzene rings is 1. The van der Waals surface area contributed by atoms with Gasteiger partial charge in [0.05, 0.1) is 5.56 Å². The molecule has 1 aromatic rings. The fourth-order valence-electron chi connectivity index (χ4n) is 5.17. The minimum absolute atomic E-state index is 0.187. The van der Waals surface area contributed by atoms with Crippen molar-refractivity contribution in [3.63, 3.8) is 0 Å². The zero-order valence-electron chi connectivity index (χ0n) is 19.0. The first kappa shape index (κ1) is 24.9. The molecule has 1 aromatic carbocycles. The van der Waals surface area contributed by atoms with Gasteiger partial charge in [-0.05, 0) is 57.8 Å². The van der Waals surface area contributed by atoms with Crippen molar-refractivity contribution < 1.29 is 35.9 Å². The molecule has 0 aromatic heterocycles. The van der Waals surface area contributed by atoms with Crippen molar-refractivity contribution in [2.24, 2.45) is 5.41 Å². The lowest BCUT2D eigenvalue weighted by Crippen LogP contribution is -2.62. The molecule has 4 rings (SSSR count). The van der Waals surface area contributed by atoms with Crippen molar-refractivity contribution in [3.05, 3.63) is 29.3 Å². The molecule has 1 spiro atoms. The Morgan fingerprint density at radius 3 is 2.21 bits per heavy atom. The van der Waals surface area contributed by atoms with Gasteiger partial charge < -0.3 is 14.5 Å². The molecule has 3 aliphatic rings. The molecule has 0 radical (unpaired) electrons. The van der Waals surface area contributed by atoms with Crippen LogP contribution in [0.5, 0.6) is 0 Å². The summed E-state index contributed by atoms with van der Waals surface area (Å²) < 4.78 is 83.7. The fourth-order valence-corrected chi connectivity index (χ4v) is 5.17. The maximum Gasteiger partial charge on any atom is 0.425 e. The number of piperidine rings is 1. The van der Waals surface area contributed by atoms with E-state index < -0.39 is 30.1 Å². The van der Waals surface area contributed by atoms with E-state index in [-0.39, 0.29) is 12.0 Å². The summed E-state index contributed by atoms with van der Waals surface area (Å²) in [6.45, 7) is 4.21. The third kappa shape index (κ3) is 5.23. The summed E-state index contributed by atoms with van der Waals surface area (Å²) in [5.74, 6) is 0. The number of ether oxygens (including phenoxy) is 1. The van der Waals surface area contributed by atoms with E-state index in [2.05, 4.69) is 4.74 Å². The molecule has 3 aliphatic heterocycles. The van der Waals surface area contributed by atoms with Crippen LogP contribution in [-0.2, 0) is 17.5 Å². The van der Waals surface area contributed by atoms with Crippen LogP contribution in [0.3, 0.4) is 0 Å². The number of hydrogen-bond acceptors (Lipinski definition) is 4. The van der Waals surface area contributed by atoms with E-state index in [0.29, 0.717) is 50.3 Å². The van der Waals surface area contributed by atoms with Crippen molar-refractivity contribution in [3.8, 4) is 0 Å². The highest BCUT2D eigenvalue weighted by atomic mass is 19.4. The lowest BCUT2D eigenvalue weighted by atomic mass is 9.72. The van der Waals surface area contributed by atoms with Crippen LogP contribution < -0.4 is 4.90 Å². The summed E-state index contributed by atoms with van der Waals surface area (Å²) in [6.07, 6.45) is -8.94. The predicted molar refractivity (Wildman–Crippen MR) is 113 cm³/mol. The molecular weight excluding hydrogens is 464 g/mol. The number of alkyl halides is 6. The highest BCUT2D eigenvalue weighted by Gasteiger charge is 2.49. The number of likely N-dealkylation sites (tertiary alicyclic amines) is 2. The Morgan fingerprint density at radius 2 is 1.65 bits per heavy atom. The SMILES string of the molecule is CC(OC(=O)N1CC2(CCN(Cc3c(N4CCCC4)cccc3C(F)(F)F)CC2)C1)C(F)(F)F. The summed E-state index contributed by atoms with van der Waals surface area (Å²) in [7, 11) is 0. The number of halogens is 6. The normalized spacial score (nSPS) is 22.1. The van der Waals surface area contributed by atoms with Crippen LogP contribution in [-0.4, -0.2) is 67.4 Å². The van der Waals surface area contributed by atoms with E-state index >= 15 is 0 Å². The lowest BCUT2D eigenvalue weighted by Gasteiger charge is -2.53. The van der Waals surface area contributed by atoms with E-state index in [9.17, 15) is 31.1 Å². The minimum atomic E-state index is -4.61. The second-order valence-electron chi connectivity index (χ2n) is 9.69. The van der Waals surface area contributed by atoms with Gasteiger partial charge in [0.25, 0.3) is 0 Å². The quantitative estimate of drug-likeness (QED) is 0.534.